The lowest BCUT2D eigenvalue weighted by molar-refractivity contribution is 0.641. The number of nitrogens with one attached hydrogen (secondary N) is 2. The molecule has 18 heavy (non-hydrogen) atoms. The summed E-state index contributed by atoms with van der Waals surface area (Å²) in [5.74, 6) is 2.29. The minimum absolute atomic E-state index is 0.238. The van der Waals surface area contributed by atoms with Gasteiger partial charge in [-0.1, -0.05) is 6.92 Å². The molecule has 2 rings (SSSR count). The number of aromatic amines is 1. The zero-order chi connectivity index (χ0) is 13.1. The molecule has 1 aromatic heterocycles. The molecule has 1 aliphatic heterocycles. The predicted octanol–water partition coefficient (Wildman–Crippen LogP) is 0.446. The van der Waals surface area contributed by atoms with Gasteiger partial charge in [-0.15, -0.1) is 0 Å². The van der Waals surface area contributed by atoms with Gasteiger partial charge in [0.05, 0.1) is 0 Å². The van der Waals surface area contributed by atoms with Gasteiger partial charge >= 0.3 is 5.69 Å². The molecule has 0 saturated carbocycles. The first-order chi connectivity index (χ1) is 8.63. The minimum Gasteiger partial charge on any atom is -0.383 e. The lowest BCUT2D eigenvalue weighted by Crippen LogP contribution is -2.35. The number of rotatable bonds is 4. The number of nitrogens with zero attached hydrogens (tertiary/aromatic N) is 1. The van der Waals surface area contributed by atoms with Crippen LogP contribution in [0.5, 0.6) is 0 Å². The first-order valence-electron chi connectivity index (χ1n) is 6.10. The van der Waals surface area contributed by atoms with E-state index in [1.807, 2.05) is 18.7 Å². The fraction of sp³-hybridized carbons (Fsp3) is 0.636. The van der Waals surface area contributed by atoms with E-state index in [-0.39, 0.29) is 11.9 Å². The zero-order valence-corrected chi connectivity index (χ0v) is 11.2. The number of anilines is 2. The van der Waals surface area contributed by atoms with Gasteiger partial charge < -0.3 is 11.1 Å². The molecule has 0 spiro atoms. The molecule has 1 fully saturated rings. The van der Waals surface area contributed by atoms with Crippen molar-refractivity contribution < 1.29 is 0 Å². The highest BCUT2D eigenvalue weighted by Crippen LogP contribution is 2.21. The normalized spacial score (nSPS) is 19.1. The summed E-state index contributed by atoms with van der Waals surface area (Å²) in [6, 6.07) is 0.256. The number of hydrogen-bond donors (Lipinski definition) is 3. The summed E-state index contributed by atoms with van der Waals surface area (Å²) in [7, 11) is 0. The van der Waals surface area contributed by atoms with Gasteiger partial charge in [-0.25, -0.2) is 4.79 Å². The number of aromatic nitrogens is 2. The van der Waals surface area contributed by atoms with Crippen molar-refractivity contribution in [3.05, 3.63) is 20.8 Å². The van der Waals surface area contributed by atoms with Gasteiger partial charge in [-0.3, -0.25) is 14.3 Å². The Labute approximate surface area is 109 Å². The summed E-state index contributed by atoms with van der Waals surface area (Å²) in [6.45, 7) is 2.47. The number of nitrogen functional groups attached to an aromatic ring is 1. The largest absolute Gasteiger partial charge is 0.383 e. The summed E-state index contributed by atoms with van der Waals surface area (Å²) in [6.07, 6.45) is 1.80. The van der Waals surface area contributed by atoms with Crippen molar-refractivity contribution in [3.8, 4) is 0 Å². The average Bonchev–Trinajstić information content (AvgIpc) is 2.83. The van der Waals surface area contributed by atoms with Crippen molar-refractivity contribution in [2.24, 2.45) is 0 Å². The van der Waals surface area contributed by atoms with Crippen molar-refractivity contribution in [1.82, 2.24) is 9.55 Å². The number of nitrogens with two attached hydrogens (primary N) is 1. The van der Waals surface area contributed by atoms with Gasteiger partial charge in [0.15, 0.2) is 0 Å². The molecule has 0 amide bonds. The maximum absolute atomic E-state index is 11.8. The van der Waals surface area contributed by atoms with E-state index >= 15 is 0 Å². The third kappa shape index (κ3) is 2.55. The summed E-state index contributed by atoms with van der Waals surface area (Å²) in [5.41, 5.74) is 5.38. The Morgan fingerprint density at radius 2 is 2.33 bits per heavy atom. The molecule has 0 aliphatic carbocycles. The third-order valence-corrected chi connectivity index (χ3v) is 4.13. The van der Waals surface area contributed by atoms with Crippen LogP contribution in [0.15, 0.2) is 9.59 Å². The fourth-order valence-electron chi connectivity index (χ4n) is 2.03. The maximum atomic E-state index is 11.8. The molecule has 0 radical (unpaired) electrons. The molecule has 0 bridgehead atoms. The predicted molar refractivity (Wildman–Crippen MR) is 75.4 cm³/mol. The summed E-state index contributed by atoms with van der Waals surface area (Å²) < 4.78 is 1.41. The van der Waals surface area contributed by atoms with E-state index in [0.29, 0.717) is 12.2 Å². The topological polar surface area (TPSA) is 92.9 Å². The maximum Gasteiger partial charge on any atom is 0.330 e. The van der Waals surface area contributed by atoms with Crippen LogP contribution in [0.3, 0.4) is 0 Å². The highest BCUT2D eigenvalue weighted by atomic mass is 32.2. The van der Waals surface area contributed by atoms with Crippen LogP contribution in [-0.4, -0.2) is 27.1 Å². The third-order valence-electron chi connectivity index (χ3n) is 2.96. The van der Waals surface area contributed by atoms with Gasteiger partial charge in [0.2, 0.25) is 0 Å². The van der Waals surface area contributed by atoms with Crippen LogP contribution >= 0.6 is 11.8 Å². The van der Waals surface area contributed by atoms with E-state index in [1.54, 1.807) is 0 Å². The first-order valence-corrected chi connectivity index (χ1v) is 7.25. The molecule has 7 heteroatoms. The van der Waals surface area contributed by atoms with Crippen LogP contribution in [0.4, 0.5) is 11.5 Å². The Hall–Kier alpha value is -1.37. The average molecular weight is 270 g/mol. The lowest BCUT2D eigenvalue weighted by atomic mass is 10.2. The quantitative estimate of drug-likeness (QED) is 0.738. The Morgan fingerprint density at radius 1 is 1.56 bits per heavy atom. The van der Waals surface area contributed by atoms with Gasteiger partial charge in [0.1, 0.15) is 11.5 Å². The molecule has 1 aromatic rings. The highest BCUT2D eigenvalue weighted by Gasteiger charge is 2.19. The molecule has 6 nitrogen and oxygen atoms in total. The summed E-state index contributed by atoms with van der Waals surface area (Å²) >= 11 is 1.85. The van der Waals surface area contributed by atoms with Crippen LogP contribution in [0.2, 0.25) is 0 Å². The molecule has 0 aromatic carbocycles. The second kappa shape index (κ2) is 5.51. The smallest absolute Gasteiger partial charge is 0.330 e. The first kappa shape index (κ1) is 13.1. The monoisotopic (exact) mass is 270 g/mol. The van der Waals surface area contributed by atoms with E-state index < -0.39 is 11.2 Å². The summed E-state index contributed by atoms with van der Waals surface area (Å²) in [4.78, 5) is 25.7. The Kier molecular flexibility index (Phi) is 4.00. The molecule has 100 valence electrons. The number of thioether (sulfide) groups is 1. The van der Waals surface area contributed by atoms with E-state index in [2.05, 4.69) is 10.3 Å². The molecule has 1 aliphatic rings. The second-order valence-electron chi connectivity index (χ2n) is 4.38. The minimum atomic E-state index is -0.439. The summed E-state index contributed by atoms with van der Waals surface area (Å²) in [5, 5.41) is 3.15. The van der Waals surface area contributed by atoms with Crippen LogP contribution in [-0.2, 0) is 6.54 Å². The van der Waals surface area contributed by atoms with Crippen LogP contribution in [0.1, 0.15) is 19.8 Å². The van der Waals surface area contributed by atoms with E-state index in [9.17, 15) is 9.59 Å². The highest BCUT2D eigenvalue weighted by molar-refractivity contribution is 7.99. The van der Waals surface area contributed by atoms with Gasteiger partial charge in [-0.2, -0.15) is 11.8 Å². The Balaban J connectivity index is 2.36. The molecule has 1 saturated heterocycles. The van der Waals surface area contributed by atoms with Crippen molar-refractivity contribution in [1.29, 1.82) is 0 Å². The standard InChI is InChI=1S/C11H18N4O2S/c1-2-4-15-9(12)8(10(16)14-11(15)17)13-7-3-5-18-6-7/h7,13H,2-6,12H2,1H3,(H,14,16,17). The molecule has 4 N–H and O–H groups in total. The van der Waals surface area contributed by atoms with Crippen LogP contribution in [0, 0.1) is 0 Å². The van der Waals surface area contributed by atoms with Gasteiger partial charge in [-0.05, 0) is 18.6 Å². The van der Waals surface area contributed by atoms with Crippen LogP contribution in [0.25, 0.3) is 0 Å². The Bertz CT molecular complexity index is 531. The van der Waals surface area contributed by atoms with Gasteiger partial charge in [0, 0.05) is 18.3 Å². The number of H-pyrrole nitrogens is 1. The molecular formula is C11H18N4O2S. The Morgan fingerprint density at radius 3 is 2.94 bits per heavy atom. The van der Waals surface area contributed by atoms with Gasteiger partial charge in [0.25, 0.3) is 5.56 Å². The molecule has 2 heterocycles. The van der Waals surface area contributed by atoms with Crippen molar-refractivity contribution in [2.75, 3.05) is 22.6 Å². The molecule has 1 unspecified atom stereocenters. The van der Waals surface area contributed by atoms with Crippen molar-refractivity contribution in [2.45, 2.75) is 32.4 Å². The fourth-order valence-corrected chi connectivity index (χ4v) is 3.18. The molecular weight excluding hydrogens is 252 g/mol. The SMILES string of the molecule is CCCn1c(N)c(NC2CCSC2)c(=O)[nH]c1=O. The number of hydrogen-bond acceptors (Lipinski definition) is 5. The lowest BCUT2D eigenvalue weighted by Gasteiger charge is -2.16. The molecule has 1 atom stereocenters. The van der Waals surface area contributed by atoms with E-state index in [4.69, 9.17) is 5.73 Å². The van der Waals surface area contributed by atoms with E-state index in [0.717, 1.165) is 24.3 Å². The zero-order valence-electron chi connectivity index (χ0n) is 10.4. The van der Waals surface area contributed by atoms with Crippen LogP contribution < -0.4 is 22.3 Å². The second-order valence-corrected chi connectivity index (χ2v) is 5.53. The van der Waals surface area contributed by atoms with Crippen molar-refractivity contribution >= 4 is 23.3 Å². The van der Waals surface area contributed by atoms with E-state index in [1.165, 1.54) is 4.57 Å². The van der Waals surface area contributed by atoms with Crippen molar-refractivity contribution in [3.63, 3.8) is 0 Å².